The normalized spacial score (nSPS) is 14.7. The van der Waals surface area contributed by atoms with E-state index in [0.717, 1.165) is 12.5 Å². The zero-order chi connectivity index (χ0) is 9.68. The van der Waals surface area contributed by atoms with Crippen LogP contribution in [0.5, 0.6) is 0 Å². The summed E-state index contributed by atoms with van der Waals surface area (Å²) < 4.78 is 0. The molecule has 0 aliphatic heterocycles. The molecule has 1 aliphatic rings. The molecule has 0 aromatic heterocycles. The first-order chi connectivity index (χ1) is 6.27. The van der Waals surface area contributed by atoms with Gasteiger partial charge in [-0.1, -0.05) is 38.1 Å². The van der Waals surface area contributed by atoms with Gasteiger partial charge in [-0.05, 0) is 36.4 Å². The van der Waals surface area contributed by atoms with Crippen LogP contribution in [0.15, 0.2) is 24.3 Å². The zero-order valence-corrected chi connectivity index (χ0v) is 8.59. The molecule has 0 spiro atoms. The second kappa shape index (κ2) is 5.03. The molecule has 1 aromatic carbocycles. The smallest absolute Gasteiger partial charge is 0.0106 e. The van der Waals surface area contributed by atoms with Gasteiger partial charge in [0.1, 0.15) is 0 Å². The van der Waals surface area contributed by atoms with Crippen molar-refractivity contribution in [3.63, 3.8) is 0 Å². The van der Waals surface area contributed by atoms with Gasteiger partial charge < -0.3 is 5.73 Å². The van der Waals surface area contributed by atoms with Crippen molar-refractivity contribution in [3.05, 3.63) is 35.4 Å². The SMILES string of the molecule is CC1Cc2ccccc2C1.CCN. The summed E-state index contributed by atoms with van der Waals surface area (Å²) in [6.45, 7) is 4.97. The fourth-order valence-electron chi connectivity index (χ4n) is 1.78. The Bertz CT molecular complexity index is 230. The number of hydrogen-bond donors (Lipinski definition) is 1. The molecular weight excluding hydrogens is 158 g/mol. The highest BCUT2D eigenvalue weighted by Crippen LogP contribution is 2.25. The van der Waals surface area contributed by atoms with Gasteiger partial charge in [-0.15, -0.1) is 0 Å². The molecule has 1 aliphatic carbocycles. The minimum Gasteiger partial charge on any atom is -0.331 e. The van der Waals surface area contributed by atoms with Crippen LogP contribution in [0.1, 0.15) is 25.0 Å². The van der Waals surface area contributed by atoms with Gasteiger partial charge in [0, 0.05) is 0 Å². The predicted molar refractivity (Wildman–Crippen MR) is 57.7 cm³/mol. The standard InChI is InChI=1S/C10H12.C2H7N/c1-8-6-9-4-2-3-5-10(9)7-8;1-2-3/h2-5,8H,6-7H2,1H3;2-3H2,1H3. The Hall–Kier alpha value is -0.820. The molecule has 0 unspecified atom stereocenters. The third-order valence-electron chi connectivity index (χ3n) is 2.26. The van der Waals surface area contributed by atoms with Crippen molar-refractivity contribution in [3.8, 4) is 0 Å². The number of benzene rings is 1. The predicted octanol–water partition coefficient (Wildman–Crippen LogP) is 2.39. The maximum atomic E-state index is 4.85. The zero-order valence-electron chi connectivity index (χ0n) is 8.59. The number of hydrogen-bond acceptors (Lipinski definition) is 1. The van der Waals surface area contributed by atoms with Crippen LogP contribution in [-0.4, -0.2) is 6.54 Å². The molecule has 1 nitrogen and oxygen atoms in total. The third-order valence-corrected chi connectivity index (χ3v) is 2.26. The van der Waals surface area contributed by atoms with Crippen LogP contribution in [0.25, 0.3) is 0 Å². The van der Waals surface area contributed by atoms with Crippen molar-refractivity contribution < 1.29 is 0 Å². The third kappa shape index (κ3) is 2.85. The van der Waals surface area contributed by atoms with Gasteiger partial charge in [-0.3, -0.25) is 0 Å². The molecule has 0 saturated heterocycles. The summed E-state index contributed by atoms with van der Waals surface area (Å²) in [6.07, 6.45) is 2.58. The monoisotopic (exact) mass is 177 g/mol. The van der Waals surface area contributed by atoms with Crippen LogP contribution in [0.4, 0.5) is 0 Å². The van der Waals surface area contributed by atoms with Gasteiger partial charge in [-0.25, -0.2) is 0 Å². The summed E-state index contributed by atoms with van der Waals surface area (Å²) in [5.74, 6) is 0.873. The van der Waals surface area contributed by atoms with E-state index in [2.05, 4.69) is 31.2 Å². The maximum Gasteiger partial charge on any atom is -0.0106 e. The van der Waals surface area contributed by atoms with Gasteiger partial charge >= 0.3 is 0 Å². The van der Waals surface area contributed by atoms with E-state index in [9.17, 15) is 0 Å². The quantitative estimate of drug-likeness (QED) is 0.647. The molecular formula is C12H19N. The van der Waals surface area contributed by atoms with E-state index in [4.69, 9.17) is 5.73 Å². The van der Waals surface area contributed by atoms with Crippen LogP contribution in [-0.2, 0) is 12.8 Å². The number of rotatable bonds is 0. The van der Waals surface area contributed by atoms with E-state index in [-0.39, 0.29) is 0 Å². The molecule has 0 radical (unpaired) electrons. The molecule has 0 bridgehead atoms. The van der Waals surface area contributed by atoms with Crippen molar-refractivity contribution in [1.82, 2.24) is 0 Å². The number of nitrogens with two attached hydrogens (primary N) is 1. The number of fused-ring (bicyclic) bond motifs is 1. The van der Waals surface area contributed by atoms with E-state index >= 15 is 0 Å². The van der Waals surface area contributed by atoms with Crippen molar-refractivity contribution >= 4 is 0 Å². The molecule has 1 heteroatoms. The summed E-state index contributed by atoms with van der Waals surface area (Å²) in [7, 11) is 0. The molecule has 0 amide bonds. The fraction of sp³-hybridized carbons (Fsp3) is 0.500. The highest BCUT2D eigenvalue weighted by Gasteiger charge is 2.15. The van der Waals surface area contributed by atoms with Crippen LogP contribution in [0, 0.1) is 5.92 Å². The Morgan fingerprint density at radius 1 is 1.23 bits per heavy atom. The van der Waals surface area contributed by atoms with E-state index in [1.165, 1.54) is 12.8 Å². The van der Waals surface area contributed by atoms with Gasteiger partial charge in [-0.2, -0.15) is 0 Å². The Morgan fingerprint density at radius 2 is 1.62 bits per heavy atom. The summed E-state index contributed by atoms with van der Waals surface area (Å²) >= 11 is 0. The van der Waals surface area contributed by atoms with Crippen molar-refractivity contribution in [2.45, 2.75) is 26.7 Å². The topological polar surface area (TPSA) is 26.0 Å². The van der Waals surface area contributed by atoms with Crippen molar-refractivity contribution in [2.24, 2.45) is 11.7 Å². The minimum absolute atomic E-state index is 0.750. The molecule has 0 atom stereocenters. The lowest BCUT2D eigenvalue weighted by Crippen LogP contribution is -1.89. The van der Waals surface area contributed by atoms with E-state index in [1.54, 1.807) is 11.1 Å². The van der Waals surface area contributed by atoms with Crippen LogP contribution >= 0.6 is 0 Å². The van der Waals surface area contributed by atoms with Crippen molar-refractivity contribution in [1.29, 1.82) is 0 Å². The Morgan fingerprint density at radius 3 is 2.00 bits per heavy atom. The van der Waals surface area contributed by atoms with E-state index in [0.29, 0.717) is 0 Å². The summed E-state index contributed by atoms with van der Waals surface area (Å²) in [6, 6.07) is 8.77. The van der Waals surface area contributed by atoms with Crippen LogP contribution in [0.3, 0.4) is 0 Å². The molecule has 0 saturated carbocycles. The van der Waals surface area contributed by atoms with Gasteiger partial charge in [0.05, 0.1) is 0 Å². The molecule has 1 aromatic rings. The molecule has 0 heterocycles. The summed E-state index contributed by atoms with van der Waals surface area (Å²) in [5.41, 5.74) is 7.98. The molecule has 13 heavy (non-hydrogen) atoms. The highest BCUT2D eigenvalue weighted by atomic mass is 14.5. The lowest BCUT2D eigenvalue weighted by atomic mass is 10.1. The second-order valence-electron chi connectivity index (χ2n) is 3.69. The first-order valence-corrected chi connectivity index (χ1v) is 5.04. The summed E-state index contributed by atoms with van der Waals surface area (Å²) in [4.78, 5) is 0. The van der Waals surface area contributed by atoms with Crippen molar-refractivity contribution in [2.75, 3.05) is 6.54 Å². The lowest BCUT2D eigenvalue weighted by molar-refractivity contribution is 0.628. The average Bonchev–Trinajstić information content (AvgIpc) is 2.45. The Kier molecular flexibility index (Phi) is 3.97. The van der Waals surface area contributed by atoms with E-state index < -0.39 is 0 Å². The van der Waals surface area contributed by atoms with Gasteiger partial charge in [0.25, 0.3) is 0 Å². The molecule has 0 fully saturated rings. The fourth-order valence-corrected chi connectivity index (χ4v) is 1.78. The second-order valence-corrected chi connectivity index (χ2v) is 3.69. The Balaban J connectivity index is 0.000000251. The van der Waals surface area contributed by atoms with Gasteiger partial charge in [0.2, 0.25) is 0 Å². The van der Waals surface area contributed by atoms with Crippen LogP contribution < -0.4 is 5.73 Å². The van der Waals surface area contributed by atoms with Gasteiger partial charge in [0.15, 0.2) is 0 Å². The minimum atomic E-state index is 0.750. The maximum absolute atomic E-state index is 4.85. The summed E-state index contributed by atoms with van der Waals surface area (Å²) in [5, 5.41) is 0. The Labute approximate surface area is 81.0 Å². The molecule has 2 N–H and O–H groups in total. The first kappa shape index (κ1) is 10.3. The highest BCUT2D eigenvalue weighted by molar-refractivity contribution is 5.31. The molecule has 72 valence electrons. The molecule has 2 rings (SSSR count). The van der Waals surface area contributed by atoms with Crippen LogP contribution in [0.2, 0.25) is 0 Å². The largest absolute Gasteiger partial charge is 0.331 e. The van der Waals surface area contributed by atoms with E-state index in [1.807, 2.05) is 6.92 Å². The average molecular weight is 177 g/mol. The first-order valence-electron chi connectivity index (χ1n) is 5.04. The lowest BCUT2D eigenvalue weighted by Gasteiger charge is -1.93.